The van der Waals surface area contributed by atoms with Crippen LogP contribution < -0.4 is 14.9 Å². The molecule has 2 atom stereocenters. The van der Waals surface area contributed by atoms with Gasteiger partial charge in [-0.15, -0.1) is 0 Å². The van der Waals surface area contributed by atoms with Gasteiger partial charge in [0.15, 0.2) is 5.43 Å². The number of halogens is 1. The summed E-state index contributed by atoms with van der Waals surface area (Å²) in [5.74, 6) is 0.951. The summed E-state index contributed by atoms with van der Waals surface area (Å²) in [6.45, 7) is 1.40. The fraction of sp³-hybridized carbons (Fsp3) is 0.348. The zero-order valence-electron chi connectivity index (χ0n) is 17.1. The van der Waals surface area contributed by atoms with Gasteiger partial charge in [-0.25, -0.2) is 0 Å². The van der Waals surface area contributed by atoms with E-state index in [9.17, 15) is 9.90 Å². The first-order valence-corrected chi connectivity index (χ1v) is 10.2. The maximum Gasteiger partial charge on any atom is 0.197 e. The minimum atomic E-state index is -0.582. The van der Waals surface area contributed by atoms with Gasteiger partial charge in [0.05, 0.1) is 25.3 Å². The number of rotatable bonds is 4. The molecule has 1 N–H and O–H groups in total. The van der Waals surface area contributed by atoms with E-state index >= 15 is 0 Å². The average Bonchev–Trinajstić information content (AvgIpc) is 2.74. The molecule has 0 saturated carbocycles. The molecule has 0 unspecified atom stereocenters. The van der Waals surface area contributed by atoms with Gasteiger partial charge >= 0.3 is 0 Å². The number of piperidine rings is 1. The van der Waals surface area contributed by atoms with Crippen LogP contribution in [0.1, 0.15) is 17.9 Å². The van der Waals surface area contributed by atoms with Gasteiger partial charge < -0.3 is 23.9 Å². The van der Waals surface area contributed by atoms with Crippen molar-refractivity contribution in [2.45, 2.75) is 18.4 Å². The molecule has 1 saturated heterocycles. The maximum atomic E-state index is 13.1. The van der Waals surface area contributed by atoms with Crippen LogP contribution in [0.2, 0.25) is 5.02 Å². The van der Waals surface area contributed by atoms with Crippen molar-refractivity contribution in [3.63, 3.8) is 0 Å². The Morgan fingerprint density at radius 3 is 2.60 bits per heavy atom. The van der Waals surface area contributed by atoms with Crippen LogP contribution in [-0.2, 0) is 0 Å². The number of likely N-dealkylation sites (tertiary alicyclic amines) is 1. The van der Waals surface area contributed by atoms with Gasteiger partial charge in [-0.1, -0.05) is 23.7 Å². The van der Waals surface area contributed by atoms with E-state index in [-0.39, 0.29) is 11.3 Å². The molecule has 30 heavy (non-hydrogen) atoms. The van der Waals surface area contributed by atoms with E-state index in [1.165, 1.54) is 13.2 Å². The van der Waals surface area contributed by atoms with Crippen LogP contribution in [0.15, 0.2) is 45.6 Å². The normalized spacial score (nSPS) is 19.8. The molecule has 2 heterocycles. The molecular formula is C23H24ClNO5. The Kier molecular flexibility index (Phi) is 5.73. The Morgan fingerprint density at radius 1 is 1.17 bits per heavy atom. The van der Waals surface area contributed by atoms with Crippen LogP contribution in [0.4, 0.5) is 0 Å². The second kappa shape index (κ2) is 8.30. The van der Waals surface area contributed by atoms with Crippen molar-refractivity contribution in [1.82, 2.24) is 4.90 Å². The molecule has 0 amide bonds. The lowest BCUT2D eigenvalue weighted by molar-refractivity contribution is 0.0700. The first kappa shape index (κ1) is 20.7. The fourth-order valence-electron chi connectivity index (χ4n) is 4.16. The summed E-state index contributed by atoms with van der Waals surface area (Å²) >= 11 is 6.35. The molecule has 0 bridgehead atoms. The summed E-state index contributed by atoms with van der Waals surface area (Å²) in [4.78, 5) is 15.3. The summed E-state index contributed by atoms with van der Waals surface area (Å²) in [6.07, 6.45) is 0.0349. The molecule has 0 spiro atoms. The maximum absolute atomic E-state index is 13.1. The van der Waals surface area contributed by atoms with Crippen LogP contribution in [0.3, 0.4) is 0 Å². The second-order valence-electron chi connectivity index (χ2n) is 7.58. The van der Waals surface area contributed by atoms with Gasteiger partial charge in [-0.05, 0) is 25.6 Å². The molecule has 158 valence electrons. The zero-order valence-corrected chi connectivity index (χ0v) is 17.9. The van der Waals surface area contributed by atoms with Crippen molar-refractivity contribution >= 4 is 22.6 Å². The largest absolute Gasteiger partial charge is 0.496 e. The molecule has 0 aliphatic carbocycles. The van der Waals surface area contributed by atoms with Crippen molar-refractivity contribution < 1.29 is 19.0 Å². The molecular weight excluding hydrogens is 406 g/mol. The van der Waals surface area contributed by atoms with Gasteiger partial charge in [-0.2, -0.15) is 0 Å². The number of benzene rings is 2. The highest BCUT2D eigenvalue weighted by atomic mass is 35.5. The quantitative estimate of drug-likeness (QED) is 0.678. The molecule has 1 fully saturated rings. The number of ether oxygens (including phenoxy) is 2. The SMILES string of the molecule is COc1cc(OC)c2c(=O)cc(-c3ccccc3Cl)oc2c1[C@@H]1CN(C)CC[C@@H]1O. The molecule has 1 aliphatic heterocycles. The monoisotopic (exact) mass is 429 g/mol. The molecule has 1 aliphatic rings. The molecule has 6 nitrogen and oxygen atoms in total. The number of likely N-dealkylation sites (N-methyl/N-ethyl adjacent to an activating group) is 1. The Bertz CT molecular complexity index is 1140. The summed E-state index contributed by atoms with van der Waals surface area (Å²) in [5, 5.41) is 11.6. The molecule has 0 radical (unpaired) electrons. The third-order valence-electron chi connectivity index (χ3n) is 5.70. The van der Waals surface area contributed by atoms with Crippen molar-refractivity contribution in [3.8, 4) is 22.8 Å². The molecule has 7 heteroatoms. The molecule has 2 aromatic carbocycles. The highest BCUT2D eigenvalue weighted by molar-refractivity contribution is 6.33. The highest BCUT2D eigenvalue weighted by Gasteiger charge is 2.33. The number of methoxy groups -OCH3 is 2. The van der Waals surface area contributed by atoms with Crippen molar-refractivity contribution in [3.05, 3.63) is 57.2 Å². The van der Waals surface area contributed by atoms with E-state index in [1.54, 1.807) is 25.3 Å². The summed E-state index contributed by atoms with van der Waals surface area (Å²) < 4.78 is 17.4. The van der Waals surface area contributed by atoms with Crippen LogP contribution in [-0.4, -0.2) is 50.5 Å². The van der Waals surface area contributed by atoms with Gasteiger partial charge in [0, 0.05) is 42.3 Å². The lowest BCUT2D eigenvalue weighted by Gasteiger charge is -2.35. The standard InChI is InChI=1S/C23H24ClNO5/c1-25-9-8-16(26)14(12-25)21-19(28-2)11-20(29-3)22-17(27)10-18(30-23(21)22)13-6-4-5-7-15(13)24/h4-7,10-11,14,16,26H,8-9,12H2,1-3H3/t14-,16+/m1/s1. The summed E-state index contributed by atoms with van der Waals surface area (Å²) in [6, 6.07) is 10.3. The first-order valence-electron chi connectivity index (χ1n) is 9.78. The summed E-state index contributed by atoms with van der Waals surface area (Å²) in [5.41, 5.74) is 1.39. The predicted molar refractivity (Wildman–Crippen MR) is 117 cm³/mol. The van der Waals surface area contributed by atoms with Gasteiger partial charge in [0.25, 0.3) is 0 Å². The Morgan fingerprint density at radius 2 is 1.90 bits per heavy atom. The Balaban J connectivity index is 2.06. The molecule has 1 aromatic heterocycles. The van der Waals surface area contributed by atoms with Gasteiger partial charge in [0.2, 0.25) is 0 Å². The second-order valence-corrected chi connectivity index (χ2v) is 7.99. The smallest absolute Gasteiger partial charge is 0.197 e. The van der Waals surface area contributed by atoms with Gasteiger partial charge in [0.1, 0.15) is 28.2 Å². The fourth-order valence-corrected chi connectivity index (χ4v) is 4.39. The number of hydrogen-bond donors (Lipinski definition) is 1. The third-order valence-corrected chi connectivity index (χ3v) is 6.03. The number of aliphatic hydroxyl groups excluding tert-OH is 1. The van der Waals surface area contributed by atoms with Crippen molar-refractivity contribution in [2.75, 3.05) is 34.4 Å². The first-order chi connectivity index (χ1) is 14.4. The van der Waals surface area contributed by atoms with E-state index in [0.717, 1.165) is 6.54 Å². The van der Waals surface area contributed by atoms with Crippen molar-refractivity contribution in [2.24, 2.45) is 0 Å². The van der Waals surface area contributed by atoms with Crippen molar-refractivity contribution in [1.29, 1.82) is 0 Å². The minimum Gasteiger partial charge on any atom is -0.496 e. The topological polar surface area (TPSA) is 72.1 Å². The van der Waals surface area contributed by atoms with E-state index < -0.39 is 6.10 Å². The van der Waals surface area contributed by atoms with Gasteiger partial charge in [-0.3, -0.25) is 4.79 Å². The number of nitrogens with zero attached hydrogens (tertiary/aromatic N) is 1. The van der Waals surface area contributed by atoms with Crippen LogP contribution in [0, 0.1) is 0 Å². The number of fused-ring (bicyclic) bond motifs is 1. The van der Waals surface area contributed by atoms with E-state index in [2.05, 4.69) is 4.90 Å². The number of hydrogen-bond acceptors (Lipinski definition) is 6. The van der Waals surface area contributed by atoms with Crippen LogP contribution in [0.25, 0.3) is 22.3 Å². The number of aliphatic hydroxyl groups is 1. The van der Waals surface area contributed by atoms with E-state index in [1.807, 2.05) is 19.2 Å². The molecule has 4 rings (SSSR count). The van der Waals surface area contributed by atoms with Crippen LogP contribution in [0.5, 0.6) is 11.5 Å². The van der Waals surface area contributed by atoms with E-state index in [0.29, 0.717) is 57.3 Å². The Labute approximate surface area is 179 Å². The zero-order chi connectivity index (χ0) is 21.4. The van der Waals surface area contributed by atoms with Crippen LogP contribution >= 0.6 is 11.6 Å². The average molecular weight is 430 g/mol. The minimum absolute atomic E-state index is 0.245. The lowest BCUT2D eigenvalue weighted by Crippen LogP contribution is -2.39. The molecule has 3 aromatic rings. The Hall–Kier alpha value is -2.54. The third kappa shape index (κ3) is 3.55. The summed E-state index contributed by atoms with van der Waals surface area (Å²) in [7, 11) is 5.06. The predicted octanol–water partition coefficient (Wildman–Crippen LogP) is 3.91. The van der Waals surface area contributed by atoms with E-state index in [4.69, 9.17) is 25.5 Å². The highest BCUT2D eigenvalue weighted by Crippen LogP contribution is 2.43. The lowest BCUT2D eigenvalue weighted by atomic mass is 9.86.